The standard InChI is InChI=1S/C14H12BrF3N6/c1-19-12-9(14(16,17)18)6-20-13(22-12)21-7-3-4-8-10(5-7)24(2)23-11(8)15/h3-6H,1-2H3,(H2,19,20,21,22). The minimum Gasteiger partial charge on any atom is -0.372 e. The van der Waals surface area contributed by atoms with E-state index in [2.05, 4.69) is 41.6 Å². The van der Waals surface area contributed by atoms with Crippen LogP contribution in [0.1, 0.15) is 5.56 Å². The van der Waals surface area contributed by atoms with Gasteiger partial charge in [-0.3, -0.25) is 4.68 Å². The van der Waals surface area contributed by atoms with Crippen molar-refractivity contribution in [1.29, 1.82) is 0 Å². The summed E-state index contributed by atoms with van der Waals surface area (Å²) < 4.78 is 41.0. The van der Waals surface area contributed by atoms with E-state index >= 15 is 0 Å². The van der Waals surface area contributed by atoms with Crippen LogP contribution in [0.15, 0.2) is 29.0 Å². The molecule has 0 aliphatic heterocycles. The lowest BCUT2D eigenvalue weighted by Crippen LogP contribution is -2.12. The van der Waals surface area contributed by atoms with Gasteiger partial charge >= 0.3 is 6.18 Å². The quantitative estimate of drug-likeness (QED) is 0.696. The molecule has 0 saturated carbocycles. The summed E-state index contributed by atoms with van der Waals surface area (Å²) in [5.41, 5.74) is 0.578. The van der Waals surface area contributed by atoms with Crippen LogP contribution in [-0.2, 0) is 13.2 Å². The fourth-order valence-corrected chi connectivity index (χ4v) is 2.83. The zero-order valence-electron chi connectivity index (χ0n) is 12.6. The summed E-state index contributed by atoms with van der Waals surface area (Å²) >= 11 is 3.36. The van der Waals surface area contributed by atoms with Crippen LogP contribution in [0.25, 0.3) is 10.9 Å². The highest BCUT2D eigenvalue weighted by molar-refractivity contribution is 9.10. The second-order valence-corrected chi connectivity index (χ2v) is 5.73. The van der Waals surface area contributed by atoms with E-state index in [0.717, 1.165) is 21.7 Å². The monoisotopic (exact) mass is 400 g/mol. The number of fused-ring (bicyclic) bond motifs is 1. The fourth-order valence-electron chi connectivity index (χ4n) is 2.26. The van der Waals surface area contributed by atoms with Crippen molar-refractivity contribution < 1.29 is 13.2 Å². The highest BCUT2D eigenvalue weighted by Crippen LogP contribution is 2.34. The van der Waals surface area contributed by atoms with Crippen LogP contribution in [0.3, 0.4) is 0 Å². The maximum absolute atomic E-state index is 12.9. The number of nitrogens with zero attached hydrogens (tertiary/aromatic N) is 4. The Morgan fingerprint density at radius 1 is 1.25 bits per heavy atom. The summed E-state index contributed by atoms with van der Waals surface area (Å²) in [6.45, 7) is 0. The molecular weight excluding hydrogens is 389 g/mol. The van der Waals surface area contributed by atoms with Crippen molar-refractivity contribution in [2.45, 2.75) is 6.18 Å². The van der Waals surface area contributed by atoms with Gasteiger partial charge in [0.05, 0.1) is 5.52 Å². The van der Waals surface area contributed by atoms with Crippen LogP contribution in [0, 0.1) is 0 Å². The van der Waals surface area contributed by atoms with Crippen molar-refractivity contribution in [3.05, 3.63) is 34.6 Å². The Morgan fingerprint density at radius 2 is 2.00 bits per heavy atom. The van der Waals surface area contributed by atoms with Gasteiger partial charge in [-0.05, 0) is 34.1 Å². The Hall–Kier alpha value is -2.36. The maximum atomic E-state index is 12.9. The average molecular weight is 401 g/mol. The van der Waals surface area contributed by atoms with Crippen LogP contribution in [0.2, 0.25) is 0 Å². The largest absolute Gasteiger partial charge is 0.421 e. The van der Waals surface area contributed by atoms with E-state index in [-0.39, 0.29) is 11.8 Å². The van der Waals surface area contributed by atoms with Crippen molar-refractivity contribution in [1.82, 2.24) is 19.7 Å². The number of aromatic nitrogens is 4. The summed E-state index contributed by atoms with van der Waals surface area (Å²) in [5, 5.41) is 10.5. The van der Waals surface area contributed by atoms with E-state index in [9.17, 15) is 13.2 Å². The van der Waals surface area contributed by atoms with Crippen molar-refractivity contribution in [3.63, 3.8) is 0 Å². The molecule has 0 saturated heterocycles. The Balaban J connectivity index is 1.95. The molecular formula is C14H12BrF3N6. The zero-order chi connectivity index (χ0) is 17.5. The van der Waals surface area contributed by atoms with Gasteiger partial charge < -0.3 is 10.6 Å². The van der Waals surface area contributed by atoms with Crippen LogP contribution >= 0.6 is 15.9 Å². The summed E-state index contributed by atoms with van der Waals surface area (Å²) in [4.78, 5) is 7.62. The number of alkyl halides is 3. The molecule has 0 radical (unpaired) electrons. The van der Waals surface area contributed by atoms with Crippen LogP contribution in [0.4, 0.5) is 30.6 Å². The van der Waals surface area contributed by atoms with Gasteiger partial charge in [-0.2, -0.15) is 23.3 Å². The highest BCUT2D eigenvalue weighted by atomic mass is 79.9. The van der Waals surface area contributed by atoms with E-state index in [1.54, 1.807) is 17.8 Å². The molecule has 3 rings (SSSR count). The smallest absolute Gasteiger partial charge is 0.372 e. The molecule has 0 unspecified atom stereocenters. The first kappa shape index (κ1) is 16.5. The molecule has 6 nitrogen and oxygen atoms in total. The highest BCUT2D eigenvalue weighted by Gasteiger charge is 2.35. The summed E-state index contributed by atoms with van der Waals surface area (Å²) in [6.07, 6.45) is -3.77. The molecule has 0 amide bonds. The second kappa shape index (κ2) is 5.93. The molecule has 0 bridgehead atoms. The third-order valence-corrected chi connectivity index (χ3v) is 3.98. The molecule has 0 fully saturated rings. The number of hydrogen-bond donors (Lipinski definition) is 2. The third kappa shape index (κ3) is 3.01. The first-order valence-electron chi connectivity index (χ1n) is 6.81. The molecule has 0 spiro atoms. The predicted octanol–water partition coefficient (Wildman–Crippen LogP) is 3.93. The molecule has 2 N–H and O–H groups in total. The van der Waals surface area contributed by atoms with Crippen molar-refractivity contribution in [3.8, 4) is 0 Å². The third-order valence-electron chi connectivity index (χ3n) is 3.39. The molecule has 10 heteroatoms. The van der Waals surface area contributed by atoms with E-state index in [1.807, 2.05) is 12.1 Å². The number of anilines is 3. The molecule has 0 aliphatic rings. The van der Waals surface area contributed by atoms with E-state index < -0.39 is 11.7 Å². The SMILES string of the molecule is CNc1nc(Nc2ccc3c(Br)nn(C)c3c2)ncc1C(F)(F)F. The number of rotatable bonds is 3. The second-order valence-electron chi connectivity index (χ2n) is 4.97. The summed E-state index contributed by atoms with van der Waals surface area (Å²) in [7, 11) is 3.17. The van der Waals surface area contributed by atoms with Gasteiger partial charge in [-0.1, -0.05) is 0 Å². The van der Waals surface area contributed by atoms with Crippen LogP contribution in [-0.4, -0.2) is 26.8 Å². The van der Waals surface area contributed by atoms with Gasteiger partial charge in [0.15, 0.2) is 0 Å². The molecule has 24 heavy (non-hydrogen) atoms. The van der Waals surface area contributed by atoms with Crippen molar-refractivity contribution in [2.75, 3.05) is 17.7 Å². The average Bonchev–Trinajstić information content (AvgIpc) is 2.80. The van der Waals surface area contributed by atoms with E-state index in [0.29, 0.717) is 5.69 Å². The van der Waals surface area contributed by atoms with Gasteiger partial charge in [0.2, 0.25) is 5.95 Å². The Bertz CT molecular complexity index is 905. The lowest BCUT2D eigenvalue weighted by molar-refractivity contribution is -0.137. The zero-order valence-corrected chi connectivity index (χ0v) is 14.2. The van der Waals surface area contributed by atoms with Crippen molar-refractivity contribution in [2.24, 2.45) is 7.05 Å². The minimum absolute atomic E-state index is 0.0629. The molecule has 2 heterocycles. The predicted molar refractivity (Wildman–Crippen MR) is 88.3 cm³/mol. The van der Waals surface area contributed by atoms with E-state index in [4.69, 9.17) is 0 Å². The first-order valence-corrected chi connectivity index (χ1v) is 7.60. The molecule has 1 aromatic carbocycles. The van der Waals surface area contributed by atoms with Gasteiger partial charge in [0.25, 0.3) is 0 Å². The molecule has 0 aliphatic carbocycles. The molecule has 3 aromatic rings. The maximum Gasteiger partial charge on any atom is 0.421 e. The summed E-state index contributed by atoms with van der Waals surface area (Å²) in [6, 6.07) is 5.43. The minimum atomic E-state index is -4.52. The fraction of sp³-hybridized carbons (Fsp3) is 0.214. The molecule has 126 valence electrons. The topological polar surface area (TPSA) is 67.7 Å². The Labute approximate surface area is 143 Å². The van der Waals surface area contributed by atoms with E-state index in [1.165, 1.54) is 7.05 Å². The van der Waals surface area contributed by atoms with Gasteiger partial charge in [-0.25, -0.2) is 4.98 Å². The van der Waals surface area contributed by atoms with Gasteiger partial charge in [-0.15, -0.1) is 0 Å². The van der Waals surface area contributed by atoms with Crippen LogP contribution in [0.5, 0.6) is 0 Å². The van der Waals surface area contributed by atoms with Crippen LogP contribution < -0.4 is 10.6 Å². The molecule has 0 atom stereocenters. The Kier molecular flexibility index (Phi) is 4.08. The number of aryl methyl sites for hydroxylation is 1. The van der Waals surface area contributed by atoms with Gasteiger partial charge in [0, 0.05) is 31.4 Å². The number of nitrogens with one attached hydrogen (secondary N) is 2. The number of benzene rings is 1. The number of halogens is 4. The van der Waals surface area contributed by atoms with Crippen molar-refractivity contribution >= 4 is 44.3 Å². The normalized spacial score (nSPS) is 11.8. The summed E-state index contributed by atoms with van der Waals surface area (Å²) in [5.74, 6) is -0.225. The lowest BCUT2D eigenvalue weighted by atomic mass is 10.2. The lowest BCUT2D eigenvalue weighted by Gasteiger charge is -2.13. The first-order chi connectivity index (χ1) is 11.3. The Morgan fingerprint density at radius 3 is 2.67 bits per heavy atom. The molecule has 2 aromatic heterocycles. The number of hydrogen-bond acceptors (Lipinski definition) is 5. The van der Waals surface area contributed by atoms with Gasteiger partial charge in [0.1, 0.15) is 16.0 Å².